The van der Waals surface area contributed by atoms with E-state index in [0.29, 0.717) is 40.9 Å². The number of amides is 7. The molecule has 1 aliphatic rings. The van der Waals surface area contributed by atoms with E-state index in [1.807, 2.05) is 6.92 Å². The van der Waals surface area contributed by atoms with Crippen molar-refractivity contribution < 1.29 is 67.7 Å². The number of ether oxygens (including phenoxy) is 1. The van der Waals surface area contributed by atoms with Gasteiger partial charge in [0, 0.05) is 41.5 Å². The van der Waals surface area contributed by atoms with Crippen molar-refractivity contribution in [2.45, 2.75) is 113 Å². The first-order valence-electron chi connectivity index (χ1n) is 23.4. The normalized spacial score (nSPS) is 22.6. The second-order valence-electron chi connectivity index (χ2n) is 17.5. The molecule has 0 aliphatic carbocycles. The van der Waals surface area contributed by atoms with Gasteiger partial charge in [-0.05, 0) is 55.2 Å². The molecule has 17 N–H and O–H groups in total. The fourth-order valence-corrected chi connectivity index (χ4v) is 10.2. The summed E-state index contributed by atoms with van der Waals surface area (Å²) < 4.78 is 20.7. The Morgan fingerprint density at radius 3 is 2.34 bits per heavy atom. The molecule has 71 heavy (non-hydrogen) atoms. The fraction of sp³-hybridized carbons (Fsp3) is 0.644. The number of carbonyl (C=O) groups is 8. The second-order valence-corrected chi connectivity index (χ2v) is 20.1. The van der Waals surface area contributed by atoms with Crippen LogP contribution in [-0.4, -0.2) is 171 Å². The molecular formula is C45H72N10O14S2. The van der Waals surface area contributed by atoms with Gasteiger partial charge in [0.15, 0.2) is 0 Å². The number of aliphatic hydroxyl groups excluding tert-OH is 4. The third-order valence-electron chi connectivity index (χ3n) is 12.2. The maximum absolute atomic E-state index is 14.9. The zero-order valence-electron chi connectivity index (χ0n) is 40.6. The highest BCUT2D eigenvalue weighted by atomic mass is 32.2. The van der Waals surface area contributed by atoms with E-state index in [1.165, 1.54) is 14.0 Å². The lowest BCUT2D eigenvalue weighted by atomic mass is 9.86. The zero-order valence-corrected chi connectivity index (χ0v) is 42.2. The molecule has 0 saturated heterocycles. The number of aromatic amines is 1. The van der Waals surface area contributed by atoms with Gasteiger partial charge in [0.05, 0.1) is 86.6 Å². The number of primary amides is 1. The van der Waals surface area contributed by atoms with Crippen LogP contribution in [0.15, 0.2) is 17.2 Å². The van der Waals surface area contributed by atoms with Crippen molar-refractivity contribution in [1.82, 2.24) is 36.9 Å². The number of nitrogens with one attached hydrogen (secondary N) is 7. The van der Waals surface area contributed by atoms with E-state index in [4.69, 9.17) is 21.9 Å². The predicted molar refractivity (Wildman–Crippen MR) is 263 cm³/mol. The van der Waals surface area contributed by atoms with E-state index < -0.39 is 145 Å². The minimum absolute atomic E-state index is 0.0135. The average molecular weight is 1040 g/mol. The third kappa shape index (κ3) is 18.1. The molecule has 1 aromatic heterocycles. The number of Topliss-reactive ketones (excluding diaryl/α,β-unsaturated/α-hetero) is 1. The molecular weight excluding hydrogens is 969 g/mol. The molecule has 10 atom stereocenters. The van der Waals surface area contributed by atoms with Crippen molar-refractivity contribution in [3.05, 3.63) is 23.3 Å². The van der Waals surface area contributed by atoms with Crippen molar-refractivity contribution in [2.24, 2.45) is 35.0 Å². The molecule has 0 radical (unpaired) electrons. The van der Waals surface area contributed by atoms with Crippen LogP contribution in [0.4, 0.5) is 0 Å². The number of carbonyl (C=O) groups excluding carboxylic acids is 8. The van der Waals surface area contributed by atoms with Gasteiger partial charge in [-0.2, -0.15) is 11.8 Å². The molecule has 0 spiro atoms. The van der Waals surface area contributed by atoms with Crippen LogP contribution in [0, 0.1) is 17.8 Å². The van der Waals surface area contributed by atoms with Crippen molar-refractivity contribution >= 4 is 80.6 Å². The number of hydrogen-bond donors (Lipinski definition) is 14. The first-order valence-corrected chi connectivity index (χ1v) is 25.9. The van der Waals surface area contributed by atoms with Crippen LogP contribution in [0.5, 0.6) is 5.75 Å². The average Bonchev–Trinajstić information content (AvgIpc) is 3.71. The highest BCUT2D eigenvalue weighted by Gasteiger charge is 2.36. The number of hydrogen-bond acceptors (Lipinski definition) is 17. The molecule has 1 aliphatic heterocycles. The number of aromatic nitrogens is 1. The summed E-state index contributed by atoms with van der Waals surface area (Å²) >= 11 is 1.58. The Bertz CT molecular complexity index is 2200. The molecule has 7 amide bonds. The number of fused-ring (bicyclic) bond motifs is 3. The van der Waals surface area contributed by atoms with Gasteiger partial charge in [0.25, 0.3) is 0 Å². The number of methoxy groups -OCH3 is 1. The maximum atomic E-state index is 14.9. The summed E-state index contributed by atoms with van der Waals surface area (Å²) in [4.78, 5) is 110. The second kappa shape index (κ2) is 30.0. The lowest BCUT2D eigenvalue weighted by Gasteiger charge is -2.29. The molecule has 24 nitrogen and oxygen atoms in total. The number of unbranched alkanes of at least 4 members (excludes halogenated alkanes) is 1. The Morgan fingerprint density at radius 2 is 1.72 bits per heavy atom. The largest absolute Gasteiger partial charge is 0.496 e. The first kappa shape index (κ1) is 60.1. The summed E-state index contributed by atoms with van der Waals surface area (Å²) in [6.07, 6.45) is -2.93. The SMILES string of the molecule is CC[C@H](C)[C@H](CC(=O)CN)C(=O)NCC(=O)N[C@H]1CS(=O)c2[nH]c3c(CSCCCCN)c(OC)ccc3c2C[C@@H](CO)NC(=O)[C@H]([C@@H](C)[C@@H](O)CO)NC(=O)C[C@@H](O)CNC(=O)[C@H](CC(N)=O)NC1=O. The highest BCUT2D eigenvalue weighted by molar-refractivity contribution is 7.98. The number of rotatable bonds is 22. The van der Waals surface area contributed by atoms with Gasteiger partial charge in [-0.1, -0.05) is 27.2 Å². The molecule has 0 saturated carbocycles. The third-order valence-corrected chi connectivity index (χ3v) is 14.7. The van der Waals surface area contributed by atoms with Crippen molar-refractivity contribution in [1.29, 1.82) is 0 Å². The van der Waals surface area contributed by atoms with Crippen LogP contribution >= 0.6 is 11.8 Å². The summed E-state index contributed by atoms with van der Waals surface area (Å²) in [6.45, 7) is 2.31. The summed E-state index contributed by atoms with van der Waals surface area (Å²) in [5.74, 6) is -8.41. The summed E-state index contributed by atoms with van der Waals surface area (Å²) in [7, 11) is -0.849. The van der Waals surface area contributed by atoms with Crippen molar-refractivity contribution in [3.8, 4) is 5.75 Å². The summed E-state index contributed by atoms with van der Waals surface area (Å²) in [5, 5.41) is 57.1. The van der Waals surface area contributed by atoms with Crippen molar-refractivity contribution in [3.63, 3.8) is 0 Å². The number of ketones is 1. The molecule has 2 heterocycles. The van der Waals surface area contributed by atoms with E-state index in [0.717, 1.165) is 18.6 Å². The lowest BCUT2D eigenvalue weighted by molar-refractivity contribution is -0.134. The minimum Gasteiger partial charge on any atom is -0.496 e. The Kier molecular flexibility index (Phi) is 25.4. The van der Waals surface area contributed by atoms with Crippen LogP contribution in [0.1, 0.15) is 70.4 Å². The maximum Gasteiger partial charge on any atom is 0.244 e. The quantitative estimate of drug-likeness (QED) is 0.0503. The zero-order chi connectivity index (χ0) is 52.9. The smallest absolute Gasteiger partial charge is 0.244 e. The minimum atomic E-state index is -2.32. The molecule has 0 bridgehead atoms. The van der Waals surface area contributed by atoms with E-state index in [1.54, 1.807) is 30.8 Å². The van der Waals surface area contributed by atoms with E-state index in [9.17, 15) is 63.0 Å². The number of nitrogens with two attached hydrogens (primary N) is 3. The Labute approximate surface area is 418 Å². The van der Waals surface area contributed by atoms with Crippen LogP contribution in [0.3, 0.4) is 0 Å². The molecule has 398 valence electrons. The lowest BCUT2D eigenvalue weighted by Crippen LogP contribution is -2.58. The van der Waals surface area contributed by atoms with Crippen molar-refractivity contribution in [2.75, 3.05) is 58.0 Å². The van der Waals surface area contributed by atoms with E-state index in [2.05, 4.69) is 36.9 Å². The van der Waals surface area contributed by atoms with E-state index >= 15 is 0 Å². The number of thioether (sulfide) groups is 1. The fourth-order valence-electron chi connectivity index (χ4n) is 7.78. The number of β-amino-alcohol motifs (C(OH)–C–C–N with tert-alkyl or cyclic N) is 1. The number of benzene rings is 1. The molecule has 26 heteroatoms. The van der Waals surface area contributed by atoms with Gasteiger partial charge in [-0.25, -0.2) is 0 Å². The monoisotopic (exact) mass is 1040 g/mol. The molecule has 1 unspecified atom stereocenters. The van der Waals surface area contributed by atoms with Crippen LogP contribution in [0.25, 0.3) is 10.9 Å². The van der Waals surface area contributed by atoms with E-state index in [-0.39, 0.29) is 41.7 Å². The Morgan fingerprint density at radius 1 is 1.00 bits per heavy atom. The number of H-pyrrole nitrogens is 1. The Balaban J connectivity index is 2.25. The Hall–Kier alpha value is -5.22. The molecule has 0 fully saturated rings. The molecule has 1 aromatic carbocycles. The van der Waals surface area contributed by atoms with Crippen LogP contribution < -0.4 is 53.8 Å². The molecule has 2 aromatic rings. The number of aliphatic hydroxyl groups is 4. The van der Waals surface area contributed by atoms with Gasteiger partial charge in [0.1, 0.15) is 34.7 Å². The van der Waals surface area contributed by atoms with Gasteiger partial charge < -0.3 is 79.2 Å². The van der Waals surface area contributed by atoms with Gasteiger partial charge in [-0.3, -0.25) is 42.6 Å². The first-order chi connectivity index (χ1) is 33.7. The molecule has 3 rings (SSSR count). The summed E-state index contributed by atoms with van der Waals surface area (Å²) in [6, 6.07) is -2.88. The van der Waals surface area contributed by atoms with Crippen LogP contribution in [-0.2, 0) is 61.3 Å². The summed E-state index contributed by atoms with van der Waals surface area (Å²) in [5.41, 5.74) is 18.0. The van der Waals surface area contributed by atoms with Gasteiger partial charge in [-0.15, -0.1) is 0 Å². The highest BCUT2D eigenvalue weighted by Crippen LogP contribution is 2.36. The standard InChI is InChI=1S/C45H72N10O14S2/c1-5-23(2)29(13-26(58)16-47)41(64)50-18-38(63)52-33-22-71(68)45-30(28-8-9-35(69-4)31(40(28)55-45)21-70-11-7-6-10-46)12-25(19-56)51-44(67)39(24(3)34(60)20-57)54-37(62)14-27(59)17-49-42(65)32(15-36(48)61)53-43(33)66/h8-9,23-25,27,29,32-34,39,55-57,59-60H,5-7,10-22,46-47H2,1-4H3,(H2,48,61)(H,49,65)(H,50,64)(H,51,67)(H,52,63)(H,53,66)(H,54,62)/t23-,24-,25-,27+,29-,32-,33-,34-,39-,71?/m0/s1. The van der Waals surface area contributed by atoms with Crippen LogP contribution in [0.2, 0.25) is 0 Å². The van der Waals surface area contributed by atoms with Gasteiger partial charge >= 0.3 is 0 Å². The topological polar surface area (TPSA) is 410 Å². The van der Waals surface area contributed by atoms with Gasteiger partial charge in [0.2, 0.25) is 41.4 Å². The predicted octanol–water partition coefficient (Wildman–Crippen LogP) is -3.83.